The van der Waals surface area contributed by atoms with E-state index in [4.69, 9.17) is 9.52 Å². The van der Waals surface area contributed by atoms with Crippen LogP contribution >= 0.6 is 0 Å². The summed E-state index contributed by atoms with van der Waals surface area (Å²) in [5, 5.41) is 13.9. The van der Waals surface area contributed by atoms with Gasteiger partial charge in [0.1, 0.15) is 5.76 Å². The number of carboxylic acid groups (broad SMARTS) is 1. The first-order chi connectivity index (χ1) is 7.99. The Hall–Kier alpha value is -1.98. The van der Waals surface area contributed by atoms with E-state index in [0.29, 0.717) is 18.2 Å². The summed E-state index contributed by atoms with van der Waals surface area (Å²) in [5.74, 6) is -0.477. The molecule has 0 aliphatic heterocycles. The summed E-state index contributed by atoms with van der Waals surface area (Å²) in [7, 11) is 0. The number of carboxylic acids is 1. The molecule has 17 heavy (non-hydrogen) atoms. The predicted octanol–water partition coefficient (Wildman–Crippen LogP) is 1.43. The molecule has 0 unspecified atom stereocenters. The fourth-order valence-corrected chi connectivity index (χ4v) is 1.11. The van der Waals surface area contributed by atoms with Crippen LogP contribution in [-0.2, 0) is 6.54 Å². The third-order valence-electron chi connectivity index (χ3n) is 1.97. The first-order valence-electron chi connectivity index (χ1n) is 5.32. The largest absolute Gasteiger partial charge is 0.475 e. The van der Waals surface area contributed by atoms with Crippen LogP contribution in [0.3, 0.4) is 0 Å². The number of amides is 2. The Balaban J connectivity index is 2.34. The number of hydrogen-bond acceptors (Lipinski definition) is 3. The number of hydrogen-bond donors (Lipinski definition) is 3. The third kappa shape index (κ3) is 4.58. The molecule has 0 radical (unpaired) electrons. The van der Waals surface area contributed by atoms with E-state index in [9.17, 15) is 9.59 Å². The van der Waals surface area contributed by atoms with Gasteiger partial charge in [-0.3, -0.25) is 0 Å². The fourth-order valence-electron chi connectivity index (χ4n) is 1.11. The summed E-state index contributed by atoms with van der Waals surface area (Å²) in [4.78, 5) is 21.8. The summed E-state index contributed by atoms with van der Waals surface area (Å²) in [6.45, 7) is 4.74. The molecule has 0 aliphatic rings. The lowest BCUT2D eigenvalue weighted by Crippen LogP contribution is -2.36. The lowest BCUT2D eigenvalue weighted by molar-refractivity contribution is 0.0660. The zero-order valence-corrected chi connectivity index (χ0v) is 9.82. The van der Waals surface area contributed by atoms with Crippen LogP contribution in [0.1, 0.15) is 30.2 Å². The second kappa shape index (κ2) is 5.93. The van der Waals surface area contributed by atoms with E-state index in [2.05, 4.69) is 10.6 Å². The Morgan fingerprint density at radius 3 is 2.59 bits per heavy atom. The van der Waals surface area contributed by atoms with Crippen LogP contribution in [0.25, 0.3) is 0 Å². The minimum Gasteiger partial charge on any atom is -0.475 e. The summed E-state index contributed by atoms with van der Waals surface area (Å²) < 4.78 is 4.98. The maximum atomic E-state index is 11.3. The van der Waals surface area contributed by atoms with Gasteiger partial charge in [0, 0.05) is 6.54 Å². The zero-order valence-electron chi connectivity index (χ0n) is 9.82. The molecule has 0 atom stereocenters. The SMILES string of the molecule is CC(C)CNC(=O)NCc1ccc(C(=O)O)o1. The second-order valence-electron chi connectivity index (χ2n) is 4.03. The predicted molar refractivity (Wildman–Crippen MR) is 60.7 cm³/mol. The maximum Gasteiger partial charge on any atom is 0.371 e. The van der Waals surface area contributed by atoms with E-state index < -0.39 is 5.97 Å². The highest BCUT2D eigenvalue weighted by Crippen LogP contribution is 2.07. The molecule has 1 aromatic rings. The molecule has 0 saturated heterocycles. The minimum atomic E-state index is -1.12. The standard InChI is InChI=1S/C11H16N2O4/c1-7(2)5-12-11(16)13-6-8-3-4-9(17-8)10(14)15/h3-4,7H,5-6H2,1-2H3,(H,14,15)(H2,12,13,16). The molecule has 1 aromatic heterocycles. The molecular weight excluding hydrogens is 224 g/mol. The number of aromatic carboxylic acids is 1. The number of urea groups is 1. The quantitative estimate of drug-likeness (QED) is 0.726. The van der Waals surface area contributed by atoms with E-state index >= 15 is 0 Å². The van der Waals surface area contributed by atoms with Crippen molar-refractivity contribution in [3.63, 3.8) is 0 Å². The molecule has 3 N–H and O–H groups in total. The number of nitrogens with one attached hydrogen (secondary N) is 2. The number of carbonyl (C=O) groups excluding carboxylic acids is 1. The van der Waals surface area contributed by atoms with Crippen molar-refractivity contribution in [3.05, 3.63) is 23.7 Å². The Morgan fingerprint density at radius 1 is 1.35 bits per heavy atom. The van der Waals surface area contributed by atoms with E-state index in [1.54, 1.807) is 0 Å². The van der Waals surface area contributed by atoms with Crippen LogP contribution < -0.4 is 10.6 Å². The molecule has 94 valence electrons. The van der Waals surface area contributed by atoms with Crippen LogP contribution in [0.4, 0.5) is 4.79 Å². The molecule has 6 nitrogen and oxygen atoms in total. The van der Waals surface area contributed by atoms with Gasteiger partial charge in [0.15, 0.2) is 0 Å². The fraction of sp³-hybridized carbons (Fsp3) is 0.455. The molecule has 0 aliphatic carbocycles. The summed E-state index contributed by atoms with van der Waals surface area (Å²) in [6, 6.07) is 2.57. The molecular formula is C11H16N2O4. The van der Waals surface area contributed by atoms with Gasteiger partial charge in [0.25, 0.3) is 0 Å². The van der Waals surface area contributed by atoms with Gasteiger partial charge in [-0.25, -0.2) is 9.59 Å². The Morgan fingerprint density at radius 2 is 2.06 bits per heavy atom. The van der Waals surface area contributed by atoms with E-state index in [-0.39, 0.29) is 18.3 Å². The first kappa shape index (κ1) is 13.1. The molecule has 0 saturated carbocycles. The minimum absolute atomic E-state index is 0.135. The molecule has 0 aromatic carbocycles. The summed E-state index contributed by atoms with van der Waals surface area (Å²) in [5.41, 5.74) is 0. The van der Waals surface area contributed by atoms with Crippen LogP contribution in [0.5, 0.6) is 0 Å². The highest BCUT2D eigenvalue weighted by molar-refractivity contribution is 5.84. The van der Waals surface area contributed by atoms with Gasteiger partial charge in [-0.05, 0) is 18.1 Å². The molecule has 1 rings (SSSR count). The topological polar surface area (TPSA) is 91.6 Å². The lowest BCUT2D eigenvalue weighted by atomic mass is 10.2. The number of furan rings is 1. The smallest absolute Gasteiger partial charge is 0.371 e. The van der Waals surface area contributed by atoms with Crippen molar-refractivity contribution in [2.75, 3.05) is 6.54 Å². The van der Waals surface area contributed by atoms with E-state index in [0.717, 1.165) is 0 Å². The van der Waals surface area contributed by atoms with Crippen LogP contribution in [0.2, 0.25) is 0 Å². The van der Waals surface area contributed by atoms with Gasteiger partial charge in [-0.1, -0.05) is 13.8 Å². The van der Waals surface area contributed by atoms with Crippen molar-refractivity contribution >= 4 is 12.0 Å². The number of carbonyl (C=O) groups is 2. The molecule has 1 heterocycles. The van der Waals surface area contributed by atoms with Crippen LogP contribution in [0, 0.1) is 5.92 Å². The molecule has 0 bridgehead atoms. The van der Waals surface area contributed by atoms with Crippen molar-refractivity contribution in [1.82, 2.24) is 10.6 Å². The third-order valence-corrected chi connectivity index (χ3v) is 1.97. The Kier molecular flexibility index (Phi) is 4.56. The molecule has 0 spiro atoms. The first-order valence-corrected chi connectivity index (χ1v) is 5.32. The average molecular weight is 240 g/mol. The van der Waals surface area contributed by atoms with Crippen molar-refractivity contribution < 1.29 is 19.1 Å². The monoisotopic (exact) mass is 240 g/mol. The van der Waals surface area contributed by atoms with Crippen molar-refractivity contribution in [3.8, 4) is 0 Å². The lowest BCUT2D eigenvalue weighted by Gasteiger charge is -2.08. The zero-order chi connectivity index (χ0) is 12.8. The highest BCUT2D eigenvalue weighted by atomic mass is 16.4. The van der Waals surface area contributed by atoms with Crippen molar-refractivity contribution in [1.29, 1.82) is 0 Å². The second-order valence-corrected chi connectivity index (χ2v) is 4.03. The van der Waals surface area contributed by atoms with E-state index in [1.807, 2.05) is 13.8 Å². The van der Waals surface area contributed by atoms with Crippen LogP contribution in [0.15, 0.2) is 16.5 Å². The molecule has 0 fully saturated rings. The van der Waals surface area contributed by atoms with E-state index in [1.165, 1.54) is 12.1 Å². The van der Waals surface area contributed by atoms with Gasteiger partial charge in [0.2, 0.25) is 5.76 Å². The Bertz CT molecular complexity index is 398. The van der Waals surface area contributed by atoms with Gasteiger partial charge < -0.3 is 20.2 Å². The summed E-state index contributed by atoms with van der Waals surface area (Å²) >= 11 is 0. The molecule has 6 heteroatoms. The maximum absolute atomic E-state index is 11.3. The molecule has 2 amide bonds. The van der Waals surface area contributed by atoms with Gasteiger partial charge in [0.05, 0.1) is 6.54 Å². The van der Waals surface area contributed by atoms with Gasteiger partial charge >= 0.3 is 12.0 Å². The Labute approximate surface area is 99.0 Å². The normalized spacial score (nSPS) is 10.3. The average Bonchev–Trinajstić information content (AvgIpc) is 2.72. The van der Waals surface area contributed by atoms with Crippen molar-refractivity contribution in [2.45, 2.75) is 20.4 Å². The number of rotatable bonds is 5. The van der Waals surface area contributed by atoms with Gasteiger partial charge in [-0.2, -0.15) is 0 Å². The summed E-state index contributed by atoms with van der Waals surface area (Å²) in [6.07, 6.45) is 0. The van der Waals surface area contributed by atoms with Gasteiger partial charge in [-0.15, -0.1) is 0 Å². The highest BCUT2D eigenvalue weighted by Gasteiger charge is 2.09. The van der Waals surface area contributed by atoms with Crippen molar-refractivity contribution in [2.24, 2.45) is 5.92 Å². The van der Waals surface area contributed by atoms with Crippen LogP contribution in [-0.4, -0.2) is 23.7 Å².